The van der Waals surface area contributed by atoms with Crippen molar-refractivity contribution in [3.05, 3.63) is 65.0 Å². The third kappa shape index (κ3) is 3.49. The highest BCUT2D eigenvalue weighted by atomic mass is 19.1. The van der Waals surface area contributed by atoms with Crippen molar-refractivity contribution in [1.82, 2.24) is 4.57 Å². The summed E-state index contributed by atoms with van der Waals surface area (Å²) in [6.07, 6.45) is 1.11. The first-order valence-electron chi connectivity index (χ1n) is 9.43. The highest BCUT2D eigenvalue weighted by Gasteiger charge is 2.35. The SMILES string of the molecule is COc1cc([C@H]2CC(=O)Nc3c(C(=O)O)cn(-c4cc(F)cc(F)c4)c32)cc(OC)c1O. The Labute approximate surface area is 180 Å². The highest BCUT2D eigenvalue weighted by Crippen LogP contribution is 2.46. The summed E-state index contributed by atoms with van der Waals surface area (Å²) >= 11 is 0. The van der Waals surface area contributed by atoms with Gasteiger partial charge in [0.15, 0.2) is 11.5 Å². The Hall–Kier alpha value is -4.08. The van der Waals surface area contributed by atoms with Gasteiger partial charge in [-0.25, -0.2) is 13.6 Å². The Morgan fingerprint density at radius 3 is 2.22 bits per heavy atom. The van der Waals surface area contributed by atoms with E-state index in [0.717, 1.165) is 12.1 Å². The molecule has 1 aliphatic rings. The molecular formula is C22H18F2N2O6. The summed E-state index contributed by atoms with van der Waals surface area (Å²) in [4.78, 5) is 24.3. The van der Waals surface area contributed by atoms with E-state index in [1.165, 1.54) is 37.1 Å². The van der Waals surface area contributed by atoms with E-state index in [4.69, 9.17) is 9.47 Å². The number of aromatic hydroxyl groups is 1. The van der Waals surface area contributed by atoms with Crippen molar-refractivity contribution in [3.8, 4) is 22.9 Å². The van der Waals surface area contributed by atoms with Crippen molar-refractivity contribution in [3.63, 3.8) is 0 Å². The second-order valence-corrected chi connectivity index (χ2v) is 7.18. The third-order valence-electron chi connectivity index (χ3n) is 5.29. The van der Waals surface area contributed by atoms with Crippen molar-refractivity contribution < 1.29 is 38.1 Å². The van der Waals surface area contributed by atoms with Gasteiger partial charge in [0, 0.05) is 24.6 Å². The number of hydrogen-bond donors (Lipinski definition) is 3. The number of carboxylic acid groups (broad SMARTS) is 1. The molecule has 1 aliphatic heterocycles. The van der Waals surface area contributed by atoms with Crippen LogP contribution < -0.4 is 14.8 Å². The highest BCUT2D eigenvalue weighted by molar-refractivity contribution is 6.04. The summed E-state index contributed by atoms with van der Waals surface area (Å²) in [6, 6.07) is 5.80. The van der Waals surface area contributed by atoms with Crippen LogP contribution in [-0.4, -0.2) is 40.9 Å². The molecule has 0 bridgehead atoms. The lowest BCUT2D eigenvalue weighted by molar-refractivity contribution is -0.116. The maximum atomic E-state index is 13.9. The number of amides is 1. The third-order valence-corrected chi connectivity index (χ3v) is 5.29. The Bertz CT molecular complexity index is 1210. The average Bonchev–Trinajstić information content (AvgIpc) is 3.12. The van der Waals surface area contributed by atoms with Crippen molar-refractivity contribution >= 4 is 17.6 Å². The van der Waals surface area contributed by atoms with Crippen LogP contribution in [0.5, 0.6) is 17.2 Å². The number of carbonyl (C=O) groups is 2. The molecule has 0 unspecified atom stereocenters. The molecule has 3 aromatic rings. The van der Waals surface area contributed by atoms with Crippen molar-refractivity contribution in [2.75, 3.05) is 19.5 Å². The van der Waals surface area contributed by atoms with E-state index in [2.05, 4.69) is 5.32 Å². The van der Waals surface area contributed by atoms with Crippen LogP contribution in [-0.2, 0) is 4.79 Å². The number of anilines is 1. The largest absolute Gasteiger partial charge is 0.502 e. The lowest BCUT2D eigenvalue weighted by Crippen LogP contribution is -2.25. The van der Waals surface area contributed by atoms with Crippen molar-refractivity contribution in [1.29, 1.82) is 0 Å². The molecule has 1 aromatic heterocycles. The van der Waals surface area contributed by atoms with Gasteiger partial charge in [0.25, 0.3) is 0 Å². The minimum atomic E-state index is -1.32. The Morgan fingerprint density at radius 1 is 1.09 bits per heavy atom. The number of ether oxygens (including phenoxy) is 2. The van der Waals surface area contributed by atoms with Crippen molar-refractivity contribution in [2.24, 2.45) is 0 Å². The molecule has 1 atom stereocenters. The molecule has 4 rings (SSSR count). The van der Waals surface area contributed by atoms with Gasteiger partial charge < -0.3 is 29.6 Å². The molecule has 1 amide bonds. The van der Waals surface area contributed by atoms with Gasteiger partial charge in [-0.3, -0.25) is 4.79 Å². The summed E-state index contributed by atoms with van der Waals surface area (Å²) < 4.78 is 39.6. The van der Waals surface area contributed by atoms with E-state index in [1.54, 1.807) is 0 Å². The second-order valence-electron chi connectivity index (χ2n) is 7.18. The summed E-state index contributed by atoms with van der Waals surface area (Å²) in [5.41, 5.74) is 0.613. The molecule has 8 nitrogen and oxygen atoms in total. The first-order chi connectivity index (χ1) is 15.2. The van der Waals surface area contributed by atoms with Crippen LogP contribution in [0.1, 0.15) is 34.0 Å². The van der Waals surface area contributed by atoms with Crippen LogP contribution in [0.15, 0.2) is 36.5 Å². The zero-order valence-electron chi connectivity index (χ0n) is 17.0. The number of fused-ring (bicyclic) bond motifs is 1. The monoisotopic (exact) mass is 444 g/mol. The fourth-order valence-corrected chi connectivity index (χ4v) is 3.91. The van der Waals surface area contributed by atoms with E-state index >= 15 is 0 Å². The van der Waals surface area contributed by atoms with E-state index in [-0.39, 0.29) is 40.6 Å². The van der Waals surface area contributed by atoms with Crippen LogP contribution in [0.4, 0.5) is 14.5 Å². The normalized spacial score (nSPS) is 15.1. The number of carbonyl (C=O) groups excluding carboxylic acids is 1. The van der Waals surface area contributed by atoms with Crippen LogP contribution in [0.3, 0.4) is 0 Å². The van der Waals surface area contributed by atoms with Gasteiger partial charge >= 0.3 is 5.97 Å². The smallest absolute Gasteiger partial charge is 0.339 e. The topological polar surface area (TPSA) is 110 Å². The fraction of sp³-hybridized carbons (Fsp3) is 0.182. The van der Waals surface area contributed by atoms with Gasteiger partial charge in [-0.2, -0.15) is 0 Å². The second kappa shape index (κ2) is 7.88. The number of benzene rings is 2. The lowest BCUT2D eigenvalue weighted by Gasteiger charge is -2.27. The summed E-state index contributed by atoms with van der Waals surface area (Å²) in [5.74, 6) is -4.26. The van der Waals surface area contributed by atoms with Gasteiger partial charge in [-0.1, -0.05) is 0 Å². The zero-order chi connectivity index (χ0) is 23.2. The quantitative estimate of drug-likeness (QED) is 0.554. The van der Waals surface area contributed by atoms with Crippen LogP contribution >= 0.6 is 0 Å². The minimum absolute atomic E-state index is 0.0226. The first kappa shape index (κ1) is 21.2. The van der Waals surface area contributed by atoms with Crippen molar-refractivity contribution in [2.45, 2.75) is 12.3 Å². The van der Waals surface area contributed by atoms with Gasteiger partial charge in [0.2, 0.25) is 11.7 Å². The molecule has 0 fully saturated rings. The van der Waals surface area contributed by atoms with Gasteiger partial charge in [-0.15, -0.1) is 0 Å². The number of nitrogens with zero attached hydrogens (tertiary/aromatic N) is 1. The number of rotatable bonds is 5. The van der Waals surface area contributed by atoms with Crippen LogP contribution in [0.2, 0.25) is 0 Å². The number of halogens is 2. The molecule has 3 N–H and O–H groups in total. The summed E-state index contributed by atoms with van der Waals surface area (Å²) in [5, 5.41) is 22.5. The molecule has 0 saturated heterocycles. The van der Waals surface area contributed by atoms with Crippen LogP contribution in [0.25, 0.3) is 5.69 Å². The molecule has 10 heteroatoms. The molecule has 2 heterocycles. The molecule has 166 valence electrons. The molecule has 0 radical (unpaired) electrons. The number of aromatic carboxylic acids is 1. The molecule has 32 heavy (non-hydrogen) atoms. The summed E-state index contributed by atoms with van der Waals surface area (Å²) in [7, 11) is 2.69. The minimum Gasteiger partial charge on any atom is -0.502 e. The van der Waals surface area contributed by atoms with Gasteiger partial charge in [-0.05, 0) is 29.8 Å². The Kier molecular flexibility index (Phi) is 5.21. The zero-order valence-corrected chi connectivity index (χ0v) is 17.0. The van der Waals surface area contributed by atoms with Crippen LogP contribution in [0, 0.1) is 11.6 Å². The van der Waals surface area contributed by atoms with E-state index in [0.29, 0.717) is 17.3 Å². The van der Waals surface area contributed by atoms with E-state index in [9.17, 15) is 28.6 Å². The molecule has 0 aliphatic carbocycles. The van der Waals surface area contributed by atoms with E-state index in [1.807, 2.05) is 0 Å². The maximum absolute atomic E-state index is 13.9. The maximum Gasteiger partial charge on any atom is 0.339 e. The lowest BCUT2D eigenvalue weighted by atomic mass is 9.87. The standard InChI is InChI=1S/C22H18F2N2O6/c1-31-16-3-10(4-17(32-2)21(16)28)14-8-18(27)25-19-15(22(29)30)9-26(20(14)19)13-6-11(23)5-12(24)7-13/h3-7,9,14,28H,8H2,1-2H3,(H,25,27)(H,29,30)/t14-/m1/s1. The molecule has 2 aromatic carbocycles. The van der Waals surface area contributed by atoms with E-state index < -0.39 is 29.4 Å². The predicted molar refractivity (Wildman–Crippen MR) is 109 cm³/mol. The summed E-state index contributed by atoms with van der Waals surface area (Å²) in [6.45, 7) is 0. The number of hydrogen-bond acceptors (Lipinski definition) is 5. The Morgan fingerprint density at radius 2 is 1.69 bits per heavy atom. The number of phenols is 1. The number of methoxy groups -OCH3 is 2. The Balaban J connectivity index is 2.01. The number of phenolic OH excluding ortho intramolecular Hbond substituents is 1. The number of nitrogens with one attached hydrogen (secondary N) is 1. The average molecular weight is 444 g/mol. The molecule has 0 spiro atoms. The number of carboxylic acids is 1. The fourth-order valence-electron chi connectivity index (χ4n) is 3.91. The first-order valence-corrected chi connectivity index (χ1v) is 9.43. The van der Waals surface area contributed by atoms with Gasteiger partial charge in [0.1, 0.15) is 17.2 Å². The molecule has 0 saturated carbocycles. The van der Waals surface area contributed by atoms with Gasteiger partial charge in [0.05, 0.1) is 31.3 Å². The predicted octanol–water partition coefficient (Wildman–Crippen LogP) is 3.65. The molecular weight excluding hydrogens is 426 g/mol. The number of aromatic nitrogens is 1.